The number of benzene rings is 4. The van der Waals surface area contributed by atoms with Crippen molar-refractivity contribution in [3.63, 3.8) is 0 Å². The molecule has 0 bridgehead atoms. The highest BCUT2D eigenvalue weighted by atomic mass is 32.2. The highest BCUT2D eigenvalue weighted by Gasteiger charge is 2.17. The molecule has 0 heterocycles. The predicted octanol–water partition coefficient (Wildman–Crippen LogP) is 4.27. The van der Waals surface area contributed by atoms with Gasteiger partial charge in [-0.1, -0.05) is 12.1 Å². The molecule has 236 valence electrons. The first kappa shape index (κ1) is 33.4. The van der Waals surface area contributed by atoms with Crippen LogP contribution < -0.4 is 9.80 Å². The van der Waals surface area contributed by atoms with Gasteiger partial charge in [-0.3, -0.25) is 4.99 Å². The van der Waals surface area contributed by atoms with E-state index in [0.29, 0.717) is 43.2 Å². The molecule has 0 saturated heterocycles. The van der Waals surface area contributed by atoms with Crippen LogP contribution in [-0.2, 0) is 9.84 Å². The van der Waals surface area contributed by atoms with Crippen LogP contribution >= 0.6 is 0 Å². The summed E-state index contributed by atoms with van der Waals surface area (Å²) in [6.07, 6.45) is 1.68. The summed E-state index contributed by atoms with van der Waals surface area (Å²) in [7, 11) is -3.76. The van der Waals surface area contributed by atoms with Crippen molar-refractivity contribution in [2.45, 2.75) is 9.79 Å². The standard InChI is InChI=1S/C33H37N5O6S/c39-21-17-37(18-22-40)30-9-1-26(2-10-30)25-34-27-5-13-32(14-6-27)45(43,44)33-15-7-29(8-16-33)36-35-28-3-11-31(12-4-28)38(19-23-41)20-24-42/h1-16,25,39-42H,17-24H2/b34-25-,36-35-. The van der Waals surface area contributed by atoms with Gasteiger partial charge in [-0.2, -0.15) is 10.2 Å². The van der Waals surface area contributed by atoms with E-state index in [1.54, 1.807) is 42.6 Å². The van der Waals surface area contributed by atoms with Gasteiger partial charge < -0.3 is 30.2 Å². The van der Waals surface area contributed by atoms with Crippen LogP contribution in [0.3, 0.4) is 0 Å². The minimum absolute atomic E-state index is 0.0107. The van der Waals surface area contributed by atoms with Gasteiger partial charge in [0.25, 0.3) is 0 Å². The Hall–Kier alpha value is -4.46. The van der Waals surface area contributed by atoms with Crippen LogP contribution in [0.2, 0.25) is 0 Å². The van der Waals surface area contributed by atoms with Gasteiger partial charge in [-0.25, -0.2) is 8.42 Å². The average molecular weight is 632 g/mol. The van der Waals surface area contributed by atoms with E-state index in [1.165, 1.54) is 24.3 Å². The number of rotatable bonds is 16. The van der Waals surface area contributed by atoms with Crippen LogP contribution in [0.25, 0.3) is 0 Å². The largest absolute Gasteiger partial charge is 0.395 e. The number of anilines is 2. The topological polar surface area (TPSA) is 159 Å². The van der Waals surface area contributed by atoms with Crippen molar-refractivity contribution < 1.29 is 28.8 Å². The predicted molar refractivity (Wildman–Crippen MR) is 175 cm³/mol. The number of azo groups is 1. The molecule has 0 aromatic heterocycles. The van der Waals surface area contributed by atoms with Crippen LogP contribution in [0.5, 0.6) is 0 Å². The van der Waals surface area contributed by atoms with E-state index < -0.39 is 9.84 Å². The molecule has 0 fully saturated rings. The van der Waals surface area contributed by atoms with E-state index in [-0.39, 0.29) is 36.2 Å². The van der Waals surface area contributed by atoms with Gasteiger partial charge in [0.2, 0.25) is 9.84 Å². The summed E-state index contributed by atoms with van der Waals surface area (Å²) in [5.41, 5.74) is 4.27. The maximum Gasteiger partial charge on any atom is 0.206 e. The van der Waals surface area contributed by atoms with Crippen molar-refractivity contribution in [3.05, 3.63) is 103 Å². The molecule has 45 heavy (non-hydrogen) atoms. The molecule has 0 atom stereocenters. The fraction of sp³-hybridized carbons (Fsp3) is 0.242. The Morgan fingerprint density at radius 1 is 0.511 bits per heavy atom. The van der Waals surface area contributed by atoms with Gasteiger partial charge in [0.15, 0.2) is 0 Å². The summed E-state index contributed by atoms with van der Waals surface area (Å²) in [5, 5.41) is 45.3. The SMILES string of the molecule is O=S(=O)(c1ccc(/N=C\c2ccc(N(CCO)CCO)cc2)cc1)c1ccc(/N=N\c2ccc(N(CCO)CCO)cc2)cc1. The quantitative estimate of drug-likeness (QED) is 0.105. The lowest BCUT2D eigenvalue weighted by Crippen LogP contribution is -2.29. The molecule has 4 aromatic rings. The van der Waals surface area contributed by atoms with E-state index in [9.17, 15) is 28.8 Å². The molecule has 4 aromatic carbocycles. The molecule has 0 aliphatic carbocycles. The molecular formula is C33H37N5O6S. The molecule has 0 aliphatic rings. The highest BCUT2D eigenvalue weighted by Crippen LogP contribution is 2.27. The average Bonchev–Trinajstić information content (AvgIpc) is 3.07. The fourth-order valence-corrected chi connectivity index (χ4v) is 5.79. The molecule has 11 nitrogen and oxygen atoms in total. The zero-order valence-corrected chi connectivity index (χ0v) is 25.5. The van der Waals surface area contributed by atoms with Crippen molar-refractivity contribution in [1.29, 1.82) is 0 Å². The van der Waals surface area contributed by atoms with Gasteiger partial charge in [0, 0.05) is 43.8 Å². The first-order valence-electron chi connectivity index (χ1n) is 14.4. The van der Waals surface area contributed by atoms with Crippen LogP contribution in [0.1, 0.15) is 5.56 Å². The molecular weight excluding hydrogens is 594 g/mol. The number of aliphatic hydroxyl groups excluding tert-OH is 4. The number of hydrogen-bond acceptors (Lipinski definition) is 11. The third-order valence-corrected chi connectivity index (χ3v) is 8.68. The molecule has 0 radical (unpaired) electrons. The maximum absolute atomic E-state index is 13.2. The van der Waals surface area contributed by atoms with Crippen LogP contribution in [0, 0.1) is 0 Å². The van der Waals surface area contributed by atoms with Crippen molar-refractivity contribution >= 4 is 44.5 Å². The van der Waals surface area contributed by atoms with Gasteiger partial charge in [-0.15, -0.1) is 0 Å². The Kier molecular flexibility index (Phi) is 12.3. The number of sulfone groups is 1. The second-order valence-electron chi connectivity index (χ2n) is 9.93. The molecule has 4 N–H and O–H groups in total. The third kappa shape index (κ3) is 9.27. The van der Waals surface area contributed by atoms with Gasteiger partial charge >= 0.3 is 0 Å². The van der Waals surface area contributed by atoms with Crippen molar-refractivity contribution in [2.24, 2.45) is 15.2 Å². The Morgan fingerprint density at radius 2 is 0.867 bits per heavy atom. The van der Waals surface area contributed by atoms with E-state index in [4.69, 9.17) is 0 Å². The minimum Gasteiger partial charge on any atom is -0.395 e. The lowest BCUT2D eigenvalue weighted by Gasteiger charge is -2.22. The van der Waals surface area contributed by atoms with Crippen LogP contribution in [-0.4, -0.2) is 87.7 Å². The Bertz CT molecular complexity index is 1510. The zero-order valence-electron chi connectivity index (χ0n) is 24.7. The van der Waals surface area contributed by atoms with E-state index >= 15 is 0 Å². The number of aliphatic hydroxyl groups is 4. The third-order valence-electron chi connectivity index (χ3n) is 6.89. The highest BCUT2D eigenvalue weighted by molar-refractivity contribution is 7.91. The summed E-state index contributed by atoms with van der Waals surface area (Å²) in [6.45, 7) is 1.59. The van der Waals surface area contributed by atoms with Crippen LogP contribution in [0.15, 0.2) is 122 Å². The summed E-state index contributed by atoms with van der Waals surface area (Å²) >= 11 is 0. The van der Waals surface area contributed by atoms with Crippen molar-refractivity contribution in [3.8, 4) is 0 Å². The molecule has 4 rings (SSSR count). The molecule has 0 aliphatic heterocycles. The van der Waals surface area contributed by atoms with E-state index in [2.05, 4.69) is 15.2 Å². The summed E-state index contributed by atoms with van der Waals surface area (Å²) in [4.78, 5) is 8.46. The smallest absolute Gasteiger partial charge is 0.206 e. The Balaban J connectivity index is 1.38. The van der Waals surface area contributed by atoms with Gasteiger partial charge in [0.1, 0.15) is 0 Å². The molecule has 12 heteroatoms. The Morgan fingerprint density at radius 3 is 1.27 bits per heavy atom. The van der Waals surface area contributed by atoms with Gasteiger partial charge in [0.05, 0.1) is 53.3 Å². The molecule has 0 saturated carbocycles. The molecule has 0 unspecified atom stereocenters. The fourth-order valence-electron chi connectivity index (χ4n) is 4.53. The minimum atomic E-state index is -3.76. The summed E-state index contributed by atoms with van der Waals surface area (Å²) in [5.74, 6) is 0. The van der Waals surface area contributed by atoms with E-state index in [0.717, 1.165) is 16.9 Å². The molecule has 0 spiro atoms. The monoisotopic (exact) mass is 631 g/mol. The number of nitrogens with zero attached hydrogens (tertiary/aromatic N) is 5. The first-order valence-corrected chi connectivity index (χ1v) is 15.9. The van der Waals surface area contributed by atoms with Gasteiger partial charge in [-0.05, 0) is 90.5 Å². The normalized spacial score (nSPS) is 11.8. The second-order valence-corrected chi connectivity index (χ2v) is 11.9. The first-order chi connectivity index (χ1) is 21.9. The van der Waals surface area contributed by atoms with Crippen molar-refractivity contribution in [1.82, 2.24) is 0 Å². The summed E-state index contributed by atoms with van der Waals surface area (Å²) < 4.78 is 26.4. The Labute approximate surface area is 263 Å². The lowest BCUT2D eigenvalue weighted by atomic mass is 10.2. The van der Waals surface area contributed by atoms with Crippen molar-refractivity contribution in [2.75, 3.05) is 62.4 Å². The second kappa shape index (κ2) is 16.6. The summed E-state index contributed by atoms with van der Waals surface area (Å²) in [6, 6.07) is 27.2. The molecule has 0 amide bonds. The number of aliphatic imine (C=N–C) groups is 1. The zero-order chi connectivity index (χ0) is 32.1. The van der Waals surface area contributed by atoms with Crippen LogP contribution in [0.4, 0.5) is 28.4 Å². The van der Waals surface area contributed by atoms with E-state index in [1.807, 2.05) is 46.2 Å². The lowest BCUT2D eigenvalue weighted by molar-refractivity contribution is 0.280. The maximum atomic E-state index is 13.2. The number of hydrogen-bond donors (Lipinski definition) is 4.